The number of methoxy groups -OCH3 is 1. The van der Waals surface area contributed by atoms with E-state index in [2.05, 4.69) is 20.9 Å². The van der Waals surface area contributed by atoms with Gasteiger partial charge in [-0.05, 0) is 58.0 Å². The molecule has 0 unspecified atom stereocenters. The number of benzene rings is 2. The third kappa shape index (κ3) is 3.16. The minimum Gasteiger partial charge on any atom is -0.508 e. The molecule has 0 saturated heterocycles. The Hall–Kier alpha value is -3.81. The fourth-order valence-electron chi connectivity index (χ4n) is 4.13. The minimum atomic E-state index is -0.425. The normalized spacial score (nSPS) is 20.5. The average Bonchev–Trinajstić information content (AvgIpc) is 3.13. The molecule has 1 aliphatic heterocycles. The number of Topliss-reactive ketones (excluding diaryl/α,β-unsaturated/α-hetero) is 1. The van der Waals surface area contributed by atoms with Gasteiger partial charge in [-0.25, -0.2) is 4.63 Å². The number of carbonyl (C=O) groups is 1. The highest BCUT2D eigenvalue weighted by atomic mass is 16.6. The summed E-state index contributed by atoms with van der Waals surface area (Å²) in [7, 11) is 1.63. The number of ether oxygens (including phenoxy) is 1. The summed E-state index contributed by atoms with van der Waals surface area (Å²) in [4.78, 5) is 13.3. The monoisotopic (exact) mass is 404 g/mol. The molecule has 0 radical (unpaired) electrons. The standard InChI is InChI=1S/C22H20N4O4/c1-29-16-8-4-12(5-9-16)14-10-17-19(18(28)11-14)20(13-2-6-15(27)7-3-13)24-22-21(23-17)25-30-26-22/h2-9,14,20,27H,10-11H2,1H3,(H,23,25)(H,24,26)/t14-,20-/m0/s1. The number of nitrogens with one attached hydrogen (secondary N) is 2. The lowest BCUT2D eigenvalue weighted by Crippen LogP contribution is -2.27. The summed E-state index contributed by atoms with van der Waals surface area (Å²) < 4.78 is 10.1. The fraction of sp³-hybridized carbons (Fsp3) is 0.227. The van der Waals surface area contributed by atoms with Gasteiger partial charge in [0.25, 0.3) is 0 Å². The number of aromatic hydroxyl groups is 1. The molecule has 0 bridgehead atoms. The number of phenols is 1. The summed E-state index contributed by atoms with van der Waals surface area (Å²) in [6.45, 7) is 0. The highest BCUT2D eigenvalue weighted by Gasteiger charge is 2.37. The molecular weight excluding hydrogens is 384 g/mol. The van der Waals surface area contributed by atoms with Crippen LogP contribution in [0.5, 0.6) is 11.5 Å². The van der Waals surface area contributed by atoms with Gasteiger partial charge in [-0.15, -0.1) is 0 Å². The highest BCUT2D eigenvalue weighted by Crippen LogP contribution is 2.43. The Morgan fingerprint density at radius 3 is 2.43 bits per heavy atom. The zero-order valence-electron chi connectivity index (χ0n) is 16.3. The van der Waals surface area contributed by atoms with Crippen LogP contribution < -0.4 is 15.4 Å². The van der Waals surface area contributed by atoms with E-state index >= 15 is 0 Å². The van der Waals surface area contributed by atoms with E-state index in [0.29, 0.717) is 30.1 Å². The van der Waals surface area contributed by atoms with Gasteiger partial charge in [-0.2, -0.15) is 0 Å². The number of anilines is 2. The van der Waals surface area contributed by atoms with Crippen molar-refractivity contribution >= 4 is 17.4 Å². The lowest BCUT2D eigenvalue weighted by molar-refractivity contribution is -0.116. The Kier molecular flexibility index (Phi) is 4.39. The quantitative estimate of drug-likeness (QED) is 0.605. The molecule has 2 atom stereocenters. The topological polar surface area (TPSA) is 110 Å². The van der Waals surface area contributed by atoms with Crippen LogP contribution in [0.4, 0.5) is 11.6 Å². The molecule has 3 aromatic rings. The third-order valence-corrected chi connectivity index (χ3v) is 5.65. The van der Waals surface area contributed by atoms with E-state index in [9.17, 15) is 9.90 Å². The SMILES string of the molecule is COc1ccc([C@@H]2CC(=O)C3=C(C2)Nc2nonc2N[C@H]3c2ccc(O)cc2)cc1. The number of rotatable bonds is 3. The van der Waals surface area contributed by atoms with Gasteiger partial charge in [-0.3, -0.25) is 4.79 Å². The van der Waals surface area contributed by atoms with E-state index in [1.807, 2.05) is 24.3 Å². The first-order valence-electron chi connectivity index (χ1n) is 9.67. The van der Waals surface area contributed by atoms with Gasteiger partial charge in [0.1, 0.15) is 11.5 Å². The number of fused-ring (bicyclic) bond motifs is 1. The molecule has 0 amide bonds. The van der Waals surface area contributed by atoms with Crippen LogP contribution in [0.25, 0.3) is 0 Å². The number of hydrogen-bond acceptors (Lipinski definition) is 8. The molecule has 8 nitrogen and oxygen atoms in total. The molecule has 2 aromatic carbocycles. The van der Waals surface area contributed by atoms with Crippen molar-refractivity contribution in [1.82, 2.24) is 10.3 Å². The first-order chi connectivity index (χ1) is 14.6. The van der Waals surface area contributed by atoms with E-state index in [0.717, 1.165) is 22.6 Å². The van der Waals surface area contributed by atoms with Crippen LogP contribution in [0.15, 0.2) is 64.4 Å². The number of ketones is 1. The third-order valence-electron chi connectivity index (χ3n) is 5.65. The molecule has 8 heteroatoms. The summed E-state index contributed by atoms with van der Waals surface area (Å²) >= 11 is 0. The van der Waals surface area contributed by atoms with Gasteiger partial charge in [0.05, 0.1) is 13.2 Å². The van der Waals surface area contributed by atoms with Crippen molar-refractivity contribution in [3.8, 4) is 11.5 Å². The van der Waals surface area contributed by atoms with Crippen LogP contribution >= 0.6 is 0 Å². The maximum Gasteiger partial charge on any atom is 0.219 e. The number of phenolic OH excluding ortho intramolecular Hbond substituents is 1. The van der Waals surface area contributed by atoms with Crippen molar-refractivity contribution in [2.45, 2.75) is 24.8 Å². The van der Waals surface area contributed by atoms with Crippen LogP contribution in [0.3, 0.4) is 0 Å². The zero-order chi connectivity index (χ0) is 20.7. The van der Waals surface area contributed by atoms with Gasteiger partial charge < -0.3 is 20.5 Å². The number of carbonyl (C=O) groups excluding carboxylic acids is 1. The molecular formula is C22H20N4O4. The van der Waals surface area contributed by atoms with Crippen molar-refractivity contribution in [2.24, 2.45) is 0 Å². The van der Waals surface area contributed by atoms with Crippen molar-refractivity contribution in [3.05, 3.63) is 70.9 Å². The zero-order valence-corrected chi connectivity index (χ0v) is 16.3. The average molecular weight is 404 g/mol. The van der Waals surface area contributed by atoms with Crippen LogP contribution in [-0.2, 0) is 4.79 Å². The summed E-state index contributed by atoms with van der Waals surface area (Å²) in [5.74, 6) is 1.93. The molecule has 30 heavy (non-hydrogen) atoms. The second kappa shape index (κ2) is 7.22. The van der Waals surface area contributed by atoms with Crippen molar-refractivity contribution in [2.75, 3.05) is 17.7 Å². The van der Waals surface area contributed by atoms with Gasteiger partial charge in [0, 0.05) is 17.7 Å². The lowest BCUT2D eigenvalue weighted by atomic mass is 9.78. The summed E-state index contributed by atoms with van der Waals surface area (Å²) in [6.07, 6.45) is 1.05. The number of hydrogen-bond donors (Lipinski definition) is 3. The Morgan fingerprint density at radius 2 is 1.70 bits per heavy atom. The van der Waals surface area contributed by atoms with E-state index in [1.54, 1.807) is 31.4 Å². The molecule has 1 aliphatic carbocycles. The second-order valence-electron chi connectivity index (χ2n) is 7.45. The second-order valence-corrected chi connectivity index (χ2v) is 7.45. The van der Waals surface area contributed by atoms with Gasteiger partial charge in [-0.1, -0.05) is 24.3 Å². The molecule has 0 spiro atoms. The van der Waals surface area contributed by atoms with Crippen LogP contribution in [0, 0.1) is 0 Å². The van der Waals surface area contributed by atoms with Crippen LogP contribution in [0.1, 0.15) is 35.9 Å². The van der Waals surface area contributed by atoms with E-state index in [-0.39, 0.29) is 17.5 Å². The molecule has 5 rings (SSSR count). The van der Waals surface area contributed by atoms with Crippen molar-refractivity contribution < 1.29 is 19.3 Å². The predicted molar refractivity (Wildman–Crippen MR) is 109 cm³/mol. The summed E-state index contributed by atoms with van der Waals surface area (Å²) in [5, 5.41) is 24.0. The van der Waals surface area contributed by atoms with Gasteiger partial charge in [0.2, 0.25) is 11.6 Å². The summed E-state index contributed by atoms with van der Waals surface area (Å²) in [6, 6.07) is 14.2. The first-order valence-corrected chi connectivity index (χ1v) is 9.67. The van der Waals surface area contributed by atoms with Crippen LogP contribution in [-0.4, -0.2) is 28.3 Å². The molecule has 2 aliphatic rings. The Morgan fingerprint density at radius 1 is 1.00 bits per heavy atom. The Labute approximate surface area is 172 Å². The summed E-state index contributed by atoms with van der Waals surface area (Å²) in [5.41, 5.74) is 3.38. The number of aromatic nitrogens is 2. The minimum absolute atomic E-state index is 0.0385. The molecule has 152 valence electrons. The Bertz CT molecular complexity index is 1120. The highest BCUT2D eigenvalue weighted by molar-refractivity contribution is 6.00. The van der Waals surface area contributed by atoms with Crippen molar-refractivity contribution in [1.29, 1.82) is 0 Å². The Balaban J connectivity index is 1.55. The smallest absolute Gasteiger partial charge is 0.219 e. The maximum absolute atomic E-state index is 13.3. The molecule has 1 aromatic heterocycles. The first kappa shape index (κ1) is 18.2. The molecule has 2 heterocycles. The maximum atomic E-state index is 13.3. The largest absolute Gasteiger partial charge is 0.508 e. The van der Waals surface area contributed by atoms with Crippen LogP contribution in [0.2, 0.25) is 0 Å². The van der Waals surface area contributed by atoms with Gasteiger partial charge >= 0.3 is 0 Å². The number of allylic oxidation sites excluding steroid dienone is 1. The lowest BCUT2D eigenvalue weighted by Gasteiger charge is -2.29. The van der Waals surface area contributed by atoms with Gasteiger partial charge in [0.15, 0.2) is 5.78 Å². The molecule has 0 saturated carbocycles. The van der Waals surface area contributed by atoms with E-state index in [4.69, 9.17) is 9.37 Å². The number of nitrogens with zero attached hydrogens (tertiary/aromatic N) is 2. The molecule has 0 fully saturated rings. The van der Waals surface area contributed by atoms with E-state index in [1.165, 1.54) is 0 Å². The van der Waals surface area contributed by atoms with Crippen molar-refractivity contribution in [3.63, 3.8) is 0 Å². The molecule has 3 N–H and O–H groups in total. The fourth-order valence-corrected chi connectivity index (χ4v) is 4.13. The van der Waals surface area contributed by atoms with E-state index < -0.39 is 6.04 Å². The predicted octanol–water partition coefficient (Wildman–Crippen LogP) is 3.76.